The molecule has 1 spiro atoms. The molecule has 1 unspecified atom stereocenters. The van der Waals surface area contributed by atoms with Gasteiger partial charge >= 0.3 is 0 Å². The largest absolute Gasteiger partial charge is 0.487 e. The number of thiazole rings is 1. The fourth-order valence-electron chi connectivity index (χ4n) is 4.59. The molecule has 156 valence electrons. The van der Waals surface area contributed by atoms with Gasteiger partial charge in [-0.1, -0.05) is 30.3 Å². The van der Waals surface area contributed by atoms with Crippen molar-refractivity contribution in [3.63, 3.8) is 0 Å². The van der Waals surface area contributed by atoms with Crippen LogP contribution >= 0.6 is 11.3 Å². The summed E-state index contributed by atoms with van der Waals surface area (Å²) in [5, 5.41) is 4.33. The lowest BCUT2D eigenvalue weighted by Gasteiger charge is -2.46. The lowest BCUT2D eigenvalue weighted by Crippen LogP contribution is -2.51. The molecule has 0 aliphatic carbocycles. The van der Waals surface area contributed by atoms with E-state index in [-0.39, 0.29) is 17.6 Å². The number of piperidine rings is 1. The lowest BCUT2D eigenvalue weighted by atomic mass is 9.80. The van der Waals surface area contributed by atoms with Crippen molar-refractivity contribution in [2.75, 3.05) is 20.1 Å². The van der Waals surface area contributed by atoms with Gasteiger partial charge in [0.25, 0.3) is 0 Å². The van der Waals surface area contributed by atoms with E-state index in [0.717, 1.165) is 54.2 Å². The first kappa shape index (κ1) is 19.5. The summed E-state index contributed by atoms with van der Waals surface area (Å²) in [6.07, 6.45) is 3.96. The van der Waals surface area contributed by atoms with Crippen LogP contribution in [0.25, 0.3) is 10.2 Å². The third-order valence-electron chi connectivity index (χ3n) is 6.33. The quantitative estimate of drug-likeness (QED) is 0.681. The normalized spacial score (nSPS) is 20.6. The number of aromatic nitrogens is 1. The molecule has 3 heterocycles. The second-order valence-electron chi connectivity index (χ2n) is 8.53. The molecule has 3 aromatic rings. The minimum atomic E-state index is -0.175. The molecule has 0 saturated carbocycles. The van der Waals surface area contributed by atoms with Crippen LogP contribution in [0.5, 0.6) is 5.75 Å². The van der Waals surface area contributed by atoms with E-state index in [1.165, 1.54) is 4.70 Å². The number of aryl methyl sites for hydroxylation is 1. The Morgan fingerprint density at radius 1 is 1.20 bits per heavy atom. The first-order valence-electron chi connectivity index (χ1n) is 10.7. The molecule has 1 amide bonds. The number of benzene rings is 2. The van der Waals surface area contributed by atoms with Crippen molar-refractivity contribution < 1.29 is 9.53 Å². The van der Waals surface area contributed by atoms with Gasteiger partial charge in [0.15, 0.2) is 0 Å². The number of nitrogens with one attached hydrogen (secondary N) is 1. The Morgan fingerprint density at radius 3 is 2.80 bits per heavy atom. The molecule has 2 aliphatic heterocycles. The first-order chi connectivity index (χ1) is 14.6. The van der Waals surface area contributed by atoms with Crippen LogP contribution in [0.15, 0.2) is 48.5 Å². The number of rotatable bonds is 4. The first-order valence-corrected chi connectivity index (χ1v) is 11.5. The Morgan fingerprint density at radius 2 is 1.97 bits per heavy atom. The smallest absolute Gasteiger partial charge is 0.220 e. The Labute approximate surface area is 181 Å². The summed E-state index contributed by atoms with van der Waals surface area (Å²) in [4.78, 5) is 19.9. The molecule has 2 aliphatic rings. The molecule has 0 radical (unpaired) electrons. The van der Waals surface area contributed by atoms with Crippen LogP contribution < -0.4 is 10.1 Å². The molecule has 30 heavy (non-hydrogen) atoms. The molecule has 1 aromatic heterocycles. The van der Waals surface area contributed by atoms with Crippen molar-refractivity contribution in [3.8, 4) is 5.75 Å². The number of fused-ring (bicyclic) bond motifs is 2. The molecule has 5 nitrogen and oxygen atoms in total. The predicted octanol–water partition coefficient (Wildman–Crippen LogP) is 4.33. The third kappa shape index (κ3) is 3.94. The van der Waals surface area contributed by atoms with Crippen LogP contribution in [-0.4, -0.2) is 41.5 Å². The van der Waals surface area contributed by atoms with Gasteiger partial charge in [-0.3, -0.25) is 4.79 Å². The summed E-state index contributed by atoms with van der Waals surface area (Å²) < 4.78 is 7.67. The minimum absolute atomic E-state index is 0.00113. The van der Waals surface area contributed by atoms with Crippen LogP contribution in [0.3, 0.4) is 0 Å². The maximum absolute atomic E-state index is 12.8. The van der Waals surface area contributed by atoms with Gasteiger partial charge in [0, 0.05) is 37.9 Å². The SMILES string of the molecule is CN1CCC2(CC1)CC(NC(=O)CCc1nc3ccccc3s1)c1ccccc1O2. The van der Waals surface area contributed by atoms with E-state index in [1.54, 1.807) is 11.3 Å². The van der Waals surface area contributed by atoms with Gasteiger partial charge in [-0.25, -0.2) is 4.98 Å². The summed E-state index contributed by atoms with van der Waals surface area (Å²) in [5.74, 6) is 1.00. The summed E-state index contributed by atoms with van der Waals surface area (Å²) in [6.45, 7) is 2.06. The number of para-hydroxylation sites is 2. The molecule has 5 rings (SSSR count). The Balaban J connectivity index is 1.28. The maximum Gasteiger partial charge on any atom is 0.220 e. The van der Waals surface area contributed by atoms with E-state index in [9.17, 15) is 4.79 Å². The van der Waals surface area contributed by atoms with Crippen molar-refractivity contribution >= 4 is 27.5 Å². The van der Waals surface area contributed by atoms with Crippen LogP contribution in [0.2, 0.25) is 0 Å². The average molecular weight is 422 g/mol. The van der Waals surface area contributed by atoms with Crippen molar-refractivity contribution in [2.24, 2.45) is 0 Å². The zero-order chi connectivity index (χ0) is 20.6. The minimum Gasteiger partial charge on any atom is -0.487 e. The second kappa shape index (κ2) is 8.00. The molecule has 1 saturated heterocycles. The van der Waals surface area contributed by atoms with Gasteiger partial charge in [0.1, 0.15) is 11.4 Å². The van der Waals surface area contributed by atoms with Gasteiger partial charge in [-0.2, -0.15) is 0 Å². The zero-order valence-corrected chi connectivity index (χ0v) is 18.1. The number of likely N-dealkylation sites (tertiary alicyclic amines) is 1. The van der Waals surface area contributed by atoms with E-state index in [0.29, 0.717) is 12.8 Å². The number of hydrogen-bond donors (Lipinski definition) is 1. The predicted molar refractivity (Wildman–Crippen MR) is 120 cm³/mol. The molecular weight excluding hydrogens is 394 g/mol. The molecule has 1 fully saturated rings. The number of hydrogen-bond acceptors (Lipinski definition) is 5. The van der Waals surface area contributed by atoms with E-state index < -0.39 is 0 Å². The summed E-state index contributed by atoms with van der Waals surface area (Å²) in [6, 6.07) is 16.3. The highest BCUT2D eigenvalue weighted by Crippen LogP contribution is 2.44. The second-order valence-corrected chi connectivity index (χ2v) is 9.64. The highest BCUT2D eigenvalue weighted by atomic mass is 32.1. The highest BCUT2D eigenvalue weighted by Gasteiger charge is 2.43. The third-order valence-corrected chi connectivity index (χ3v) is 7.43. The fourth-order valence-corrected chi connectivity index (χ4v) is 5.56. The number of carbonyl (C=O) groups excluding carboxylic acids is 1. The topological polar surface area (TPSA) is 54.5 Å². The fraction of sp³-hybridized carbons (Fsp3) is 0.417. The van der Waals surface area contributed by atoms with Crippen LogP contribution in [-0.2, 0) is 11.2 Å². The van der Waals surface area contributed by atoms with E-state index in [1.807, 2.05) is 36.4 Å². The Bertz CT molecular complexity index is 1020. The zero-order valence-electron chi connectivity index (χ0n) is 17.3. The highest BCUT2D eigenvalue weighted by molar-refractivity contribution is 7.18. The van der Waals surface area contributed by atoms with Crippen molar-refractivity contribution in [1.82, 2.24) is 15.2 Å². The maximum atomic E-state index is 12.8. The molecule has 6 heteroatoms. The lowest BCUT2D eigenvalue weighted by molar-refractivity contribution is -0.122. The average Bonchev–Trinajstić information content (AvgIpc) is 3.18. The van der Waals surface area contributed by atoms with Gasteiger partial charge in [-0.05, 0) is 38.1 Å². The van der Waals surface area contributed by atoms with Crippen LogP contribution in [0.4, 0.5) is 0 Å². The molecule has 1 N–H and O–H groups in total. The molecule has 1 atom stereocenters. The molecule has 2 aromatic carbocycles. The molecule has 0 bridgehead atoms. The van der Waals surface area contributed by atoms with E-state index in [2.05, 4.69) is 34.4 Å². The van der Waals surface area contributed by atoms with Gasteiger partial charge < -0.3 is 15.0 Å². The Kier molecular flexibility index (Phi) is 5.21. The van der Waals surface area contributed by atoms with Gasteiger partial charge in [-0.15, -0.1) is 11.3 Å². The standard InChI is InChI=1S/C24H27N3O2S/c1-27-14-12-24(13-15-27)16-19(17-6-2-4-8-20(17)29-24)25-22(28)10-11-23-26-18-7-3-5-9-21(18)30-23/h2-9,19H,10-16H2,1H3,(H,25,28). The summed E-state index contributed by atoms with van der Waals surface area (Å²) >= 11 is 1.68. The van der Waals surface area contributed by atoms with Crippen LogP contribution in [0.1, 0.15) is 42.3 Å². The van der Waals surface area contributed by atoms with E-state index >= 15 is 0 Å². The van der Waals surface area contributed by atoms with Crippen molar-refractivity contribution in [1.29, 1.82) is 0 Å². The van der Waals surface area contributed by atoms with Crippen molar-refractivity contribution in [2.45, 2.75) is 43.7 Å². The van der Waals surface area contributed by atoms with Gasteiger partial charge in [0.2, 0.25) is 5.91 Å². The molecular formula is C24H27N3O2S. The van der Waals surface area contributed by atoms with Crippen LogP contribution in [0, 0.1) is 0 Å². The van der Waals surface area contributed by atoms with Gasteiger partial charge in [0.05, 0.1) is 21.3 Å². The number of ether oxygens (including phenoxy) is 1. The van der Waals surface area contributed by atoms with Crippen molar-refractivity contribution in [3.05, 3.63) is 59.1 Å². The summed E-state index contributed by atoms with van der Waals surface area (Å²) in [5.41, 5.74) is 1.93. The Hall–Kier alpha value is -2.44. The monoisotopic (exact) mass is 421 g/mol. The summed E-state index contributed by atoms with van der Waals surface area (Å²) in [7, 11) is 2.16. The number of carbonyl (C=O) groups is 1. The van der Waals surface area contributed by atoms with E-state index in [4.69, 9.17) is 4.74 Å². The number of amides is 1. The number of nitrogens with zero attached hydrogens (tertiary/aromatic N) is 2.